The molecule has 1 aromatic carbocycles. The number of carbonyl (C=O) groups is 1. The Morgan fingerprint density at radius 3 is 3.05 bits per heavy atom. The normalized spacial score (nSPS) is 19.9. The molecule has 0 amide bonds. The maximum absolute atomic E-state index is 10.8. The number of aliphatic carboxylic acids is 1. The van der Waals surface area contributed by atoms with E-state index in [1.165, 1.54) is 22.3 Å². The van der Waals surface area contributed by atoms with Crippen LogP contribution in [-0.2, 0) is 24.1 Å². The van der Waals surface area contributed by atoms with Crippen molar-refractivity contribution in [1.29, 1.82) is 0 Å². The average molecular weight is 260 g/mol. The lowest BCUT2D eigenvalue weighted by molar-refractivity contribution is -0.137. The zero-order chi connectivity index (χ0) is 13.4. The van der Waals surface area contributed by atoms with Gasteiger partial charge in [0.05, 0.1) is 6.61 Å². The lowest BCUT2D eigenvalue weighted by Gasteiger charge is -2.16. The van der Waals surface area contributed by atoms with Crippen molar-refractivity contribution < 1.29 is 14.6 Å². The summed E-state index contributed by atoms with van der Waals surface area (Å²) in [6.07, 6.45) is 5.24. The van der Waals surface area contributed by atoms with Crippen LogP contribution in [0.1, 0.15) is 54.4 Å². The van der Waals surface area contributed by atoms with E-state index in [0.717, 1.165) is 44.5 Å². The zero-order valence-corrected chi connectivity index (χ0v) is 11.4. The van der Waals surface area contributed by atoms with Crippen molar-refractivity contribution in [1.82, 2.24) is 0 Å². The first-order valence-corrected chi connectivity index (χ1v) is 7.22. The molecule has 0 fully saturated rings. The highest BCUT2D eigenvalue weighted by molar-refractivity contribution is 5.67. The Morgan fingerprint density at radius 2 is 2.32 bits per heavy atom. The predicted molar refractivity (Wildman–Crippen MR) is 73.0 cm³/mol. The first kappa shape index (κ1) is 12.5. The second kappa shape index (κ2) is 4.87. The molecule has 0 spiro atoms. The van der Waals surface area contributed by atoms with Crippen LogP contribution in [0, 0.1) is 0 Å². The summed E-state index contributed by atoms with van der Waals surface area (Å²) in [5.74, 6) is 0.836. The van der Waals surface area contributed by atoms with Gasteiger partial charge in [0, 0.05) is 18.4 Å². The second-order valence-corrected chi connectivity index (χ2v) is 5.54. The van der Waals surface area contributed by atoms with Crippen molar-refractivity contribution in [2.45, 2.75) is 51.4 Å². The molecule has 0 radical (unpaired) electrons. The number of hydrogen-bond donors (Lipinski definition) is 1. The van der Waals surface area contributed by atoms with Crippen molar-refractivity contribution in [3.63, 3.8) is 0 Å². The fourth-order valence-electron chi connectivity index (χ4n) is 3.59. The minimum absolute atomic E-state index is 0.273. The van der Waals surface area contributed by atoms with E-state index in [9.17, 15) is 4.79 Å². The van der Waals surface area contributed by atoms with E-state index in [1.807, 2.05) is 0 Å². The molecule has 0 bridgehead atoms. The van der Waals surface area contributed by atoms with Crippen LogP contribution in [-0.4, -0.2) is 17.7 Å². The van der Waals surface area contributed by atoms with Gasteiger partial charge in [-0.05, 0) is 48.3 Å². The molecule has 1 heterocycles. The first-order chi connectivity index (χ1) is 9.20. The summed E-state index contributed by atoms with van der Waals surface area (Å²) in [7, 11) is 0. The third-order valence-electron chi connectivity index (χ3n) is 4.44. The summed E-state index contributed by atoms with van der Waals surface area (Å²) in [5.41, 5.74) is 5.56. The highest BCUT2D eigenvalue weighted by atomic mass is 16.5. The number of rotatable bonds is 4. The van der Waals surface area contributed by atoms with Gasteiger partial charge in [-0.25, -0.2) is 0 Å². The van der Waals surface area contributed by atoms with Crippen molar-refractivity contribution in [2.24, 2.45) is 0 Å². The number of carboxylic acids is 1. The molecule has 0 saturated carbocycles. The fourth-order valence-corrected chi connectivity index (χ4v) is 3.59. The van der Waals surface area contributed by atoms with Crippen molar-refractivity contribution >= 4 is 5.97 Å². The summed E-state index contributed by atoms with van der Waals surface area (Å²) >= 11 is 0. The molecule has 1 aliphatic carbocycles. The van der Waals surface area contributed by atoms with Crippen LogP contribution in [0.2, 0.25) is 0 Å². The zero-order valence-electron chi connectivity index (χ0n) is 11.4. The summed E-state index contributed by atoms with van der Waals surface area (Å²) in [6, 6.07) is 2.29. The molecule has 3 nitrogen and oxygen atoms in total. The van der Waals surface area contributed by atoms with Crippen LogP contribution < -0.4 is 4.74 Å². The van der Waals surface area contributed by atoms with E-state index in [1.54, 1.807) is 0 Å². The van der Waals surface area contributed by atoms with Gasteiger partial charge in [-0.15, -0.1) is 0 Å². The monoisotopic (exact) mass is 260 g/mol. The molecule has 2 aliphatic rings. The SMILES string of the molecule is CCc1cc2c(c3c1OCC3)[C@H](CCC(=O)O)CC2. The number of benzene rings is 1. The van der Waals surface area contributed by atoms with Crippen LogP contribution in [0.15, 0.2) is 6.07 Å². The van der Waals surface area contributed by atoms with Crippen LogP contribution in [0.5, 0.6) is 5.75 Å². The summed E-state index contributed by atoms with van der Waals surface area (Å²) < 4.78 is 5.80. The molecule has 3 heteroatoms. The molecule has 102 valence electrons. The Balaban J connectivity index is 1.96. The minimum atomic E-state index is -0.688. The van der Waals surface area contributed by atoms with Gasteiger partial charge in [-0.1, -0.05) is 13.0 Å². The number of hydrogen-bond acceptors (Lipinski definition) is 2. The van der Waals surface area contributed by atoms with Gasteiger partial charge in [0.25, 0.3) is 0 Å². The average Bonchev–Trinajstić information content (AvgIpc) is 3.01. The molecule has 3 rings (SSSR count). The molecule has 0 saturated heterocycles. The third-order valence-corrected chi connectivity index (χ3v) is 4.44. The second-order valence-electron chi connectivity index (χ2n) is 5.54. The summed E-state index contributed by atoms with van der Waals surface area (Å²) in [4.78, 5) is 10.8. The molecule has 0 unspecified atom stereocenters. The summed E-state index contributed by atoms with van der Waals surface area (Å²) in [5, 5.41) is 8.87. The predicted octanol–water partition coefficient (Wildman–Crippen LogP) is 3.08. The molecule has 19 heavy (non-hydrogen) atoms. The maximum atomic E-state index is 10.8. The van der Waals surface area contributed by atoms with Gasteiger partial charge in [0.1, 0.15) is 5.75 Å². The van der Waals surface area contributed by atoms with Gasteiger partial charge in [-0.2, -0.15) is 0 Å². The smallest absolute Gasteiger partial charge is 0.303 e. The Hall–Kier alpha value is -1.51. The first-order valence-electron chi connectivity index (χ1n) is 7.22. The highest BCUT2D eigenvalue weighted by Gasteiger charge is 2.31. The molecular weight excluding hydrogens is 240 g/mol. The quantitative estimate of drug-likeness (QED) is 0.905. The van der Waals surface area contributed by atoms with E-state index in [0.29, 0.717) is 5.92 Å². The summed E-state index contributed by atoms with van der Waals surface area (Å²) in [6.45, 7) is 2.95. The van der Waals surface area contributed by atoms with Crippen LogP contribution in [0.25, 0.3) is 0 Å². The van der Waals surface area contributed by atoms with Crippen LogP contribution >= 0.6 is 0 Å². The Labute approximate surface area is 113 Å². The Morgan fingerprint density at radius 1 is 1.47 bits per heavy atom. The van der Waals surface area contributed by atoms with Gasteiger partial charge >= 0.3 is 5.97 Å². The van der Waals surface area contributed by atoms with Crippen molar-refractivity contribution in [3.05, 3.63) is 28.3 Å². The Kier molecular flexibility index (Phi) is 3.21. The third kappa shape index (κ3) is 2.11. The molecule has 1 aromatic rings. The number of ether oxygens (including phenoxy) is 1. The number of fused-ring (bicyclic) bond motifs is 3. The Bertz CT molecular complexity index is 519. The lowest BCUT2D eigenvalue weighted by Crippen LogP contribution is -2.03. The fraction of sp³-hybridized carbons (Fsp3) is 0.562. The molecule has 1 aliphatic heterocycles. The van der Waals surface area contributed by atoms with E-state index >= 15 is 0 Å². The van der Waals surface area contributed by atoms with E-state index < -0.39 is 5.97 Å². The molecule has 0 aromatic heterocycles. The lowest BCUT2D eigenvalue weighted by atomic mass is 9.89. The van der Waals surface area contributed by atoms with Crippen molar-refractivity contribution in [3.8, 4) is 5.75 Å². The van der Waals surface area contributed by atoms with Gasteiger partial charge in [0.2, 0.25) is 0 Å². The van der Waals surface area contributed by atoms with Gasteiger partial charge < -0.3 is 9.84 Å². The van der Waals surface area contributed by atoms with E-state index in [-0.39, 0.29) is 6.42 Å². The minimum Gasteiger partial charge on any atom is -0.493 e. The molecule has 1 N–H and O–H groups in total. The molecular formula is C16H20O3. The van der Waals surface area contributed by atoms with Gasteiger partial charge in [-0.3, -0.25) is 4.79 Å². The van der Waals surface area contributed by atoms with Crippen molar-refractivity contribution in [2.75, 3.05) is 6.61 Å². The van der Waals surface area contributed by atoms with E-state index in [2.05, 4.69) is 13.0 Å². The highest BCUT2D eigenvalue weighted by Crippen LogP contribution is 2.45. The maximum Gasteiger partial charge on any atom is 0.303 e. The van der Waals surface area contributed by atoms with Gasteiger partial charge in [0.15, 0.2) is 0 Å². The molecule has 1 atom stereocenters. The number of aryl methyl sites for hydroxylation is 2. The van der Waals surface area contributed by atoms with Crippen LogP contribution in [0.3, 0.4) is 0 Å². The topological polar surface area (TPSA) is 46.5 Å². The largest absolute Gasteiger partial charge is 0.493 e. The van der Waals surface area contributed by atoms with E-state index in [4.69, 9.17) is 9.84 Å². The standard InChI is InChI=1S/C16H20O3/c1-2-10-9-12-4-3-11(5-6-14(17)18)15(12)13-7-8-19-16(10)13/h9,11H,2-8H2,1H3,(H,17,18)/t11-/m0/s1. The van der Waals surface area contributed by atoms with Crippen LogP contribution in [0.4, 0.5) is 0 Å². The number of carboxylic acid groups (broad SMARTS) is 1.